The zero-order valence-electron chi connectivity index (χ0n) is 42.8. The number of allylic oxidation sites excluding steroid dienone is 15. The third kappa shape index (κ3) is 21.3. The Morgan fingerprint density at radius 2 is 1.02 bits per heavy atom. The molecule has 0 N–H and O–H groups in total. The molecule has 3 aliphatic rings. The van der Waals surface area contributed by atoms with Gasteiger partial charge in [-0.15, -0.1) is 0 Å². The highest BCUT2D eigenvalue weighted by Gasteiger charge is 2.40. The van der Waals surface area contributed by atoms with Crippen LogP contribution >= 0.6 is 37.2 Å². The van der Waals surface area contributed by atoms with Crippen molar-refractivity contribution in [1.82, 2.24) is 0 Å². The maximum absolute atomic E-state index is 13.1. The van der Waals surface area contributed by atoms with Gasteiger partial charge in [-0.05, 0) is 104 Å². The van der Waals surface area contributed by atoms with Gasteiger partial charge in [0.25, 0.3) is 0 Å². The van der Waals surface area contributed by atoms with Crippen LogP contribution in [0.5, 0.6) is 0 Å². The molecular weight excluding hydrogens is 1020 g/mol. The summed E-state index contributed by atoms with van der Waals surface area (Å²) in [4.78, 5) is 13.1. The second-order valence-corrected chi connectivity index (χ2v) is 20.9. The molecule has 0 aromatic heterocycles. The molecule has 2 bridgehead atoms. The van der Waals surface area contributed by atoms with E-state index < -0.39 is 0 Å². The average molecular weight is 1110 g/mol. The first kappa shape index (κ1) is 58.7. The van der Waals surface area contributed by atoms with E-state index in [2.05, 4.69) is 202 Å². The molecule has 0 amide bonds. The summed E-state index contributed by atoms with van der Waals surface area (Å²) in [6.07, 6.45) is 38.2. The Bertz CT molecular complexity index is 1560. The van der Waals surface area contributed by atoms with E-state index in [9.17, 15) is 4.79 Å². The number of rotatable bonds is 2. The molecule has 3 heterocycles. The molecule has 3 aliphatic heterocycles. The van der Waals surface area contributed by atoms with Crippen LogP contribution < -0.4 is 0 Å². The van der Waals surface area contributed by atoms with Crippen molar-refractivity contribution in [2.45, 2.75) is 180 Å². The summed E-state index contributed by atoms with van der Waals surface area (Å²) in [5.74, 6) is 6.88. The summed E-state index contributed by atoms with van der Waals surface area (Å²) in [7, 11) is 0. The summed E-state index contributed by atoms with van der Waals surface area (Å²) >= 11 is 4.24. The minimum absolute atomic E-state index is 0.0607. The molecule has 1 saturated heterocycles. The van der Waals surface area contributed by atoms with E-state index in [0.717, 1.165) is 25.0 Å². The lowest BCUT2D eigenvalue weighted by molar-refractivity contribution is -0.256. The molecule has 18 atom stereocenters. The molecule has 64 heavy (non-hydrogen) atoms. The molecular formula is C57H92I2O5. The van der Waals surface area contributed by atoms with E-state index in [-0.39, 0.29) is 42.6 Å². The fourth-order valence-electron chi connectivity index (χ4n) is 9.67. The van der Waals surface area contributed by atoms with Gasteiger partial charge in [0.1, 0.15) is 12.2 Å². The van der Waals surface area contributed by atoms with Gasteiger partial charge in [0, 0.05) is 62.4 Å². The number of carbonyl (C=O) groups is 1. The van der Waals surface area contributed by atoms with Crippen LogP contribution in [-0.2, 0) is 23.7 Å². The largest absolute Gasteiger partial charge is 0.495 e. The highest BCUT2D eigenvalue weighted by atomic mass is 128. The Labute approximate surface area is 417 Å². The normalized spacial score (nSPS) is 42.8. The van der Waals surface area contributed by atoms with Crippen LogP contribution in [0, 0.1) is 76.9 Å². The van der Waals surface area contributed by atoms with Gasteiger partial charge >= 0.3 is 5.97 Å². The van der Waals surface area contributed by atoms with Crippen LogP contribution in [0.3, 0.4) is 0 Å². The number of esters is 1. The number of fused-ring (bicyclic) bond motifs is 2. The van der Waals surface area contributed by atoms with Gasteiger partial charge in [0.05, 0.1) is 18.0 Å². The van der Waals surface area contributed by atoms with Gasteiger partial charge in [0.15, 0.2) is 6.29 Å². The topological polar surface area (TPSA) is 54.0 Å². The van der Waals surface area contributed by atoms with E-state index >= 15 is 0 Å². The zero-order valence-corrected chi connectivity index (χ0v) is 47.1. The fraction of sp³-hybridized carbons (Fsp3) is 0.702. The van der Waals surface area contributed by atoms with E-state index in [4.69, 9.17) is 18.9 Å². The Morgan fingerprint density at radius 3 is 1.61 bits per heavy atom. The maximum Gasteiger partial charge on any atom is 0.306 e. The van der Waals surface area contributed by atoms with Gasteiger partial charge < -0.3 is 18.9 Å². The van der Waals surface area contributed by atoms with Crippen molar-refractivity contribution in [2.24, 2.45) is 76.9 Å². The summed E-state index contributed by atoms with van der Waals surface area (Å²) in [6, 6.07) is 0. The predicted octanol–water partition coefficient (Wildman–Crippen LogP) is 17.0. The molecule has 5 unspecified atom stereocenters. The lowest BCUT2D eigenvalue weighted by atomic mass is 9.79. The lowest BCUT2D eigenvalue weighted by Gasteiger charge is -2.43. The zero-order chi connectivity index (χ0) is 47.9. The molecule has 0 saturated carbocycles. The van der Waals surface area contributed by atoms with Crippen molar-refractivity contribution >= 4 is 43.2 Å². The van der Waals surface area contributed by atoms with Gasteiger partial charge in [-0.2, -0.15) is 0 Å². The first-order valence-electron chi connectivity index (χ1n) is 25.1. The smallest absolute Gasteiger partial charge is 0.306 e. The second kappa shape index (κ2) is 31.6. The first-order valence-corrected chi connectivity index (χ1v) is 31.4. The van der Waals surface area contributed by atoms with Crippen LogP contribution in [0.15, 0.2) is 96.9 Å². The number of ether oxygens (including phenoxy) is 4. The van der Waals surface area contributed by atoms with Crippen LogP contribution in [-0.4, -0.2) is 36.7 Å². The number of hydrogen-bond acceptors (Lipinski definition) is 5. The molecule has 3 rings (SSSR count). The minimum atomic E-state index is -0.251. The SMILES string of the molecule is CC1OC(O[C@H]2C=C/C=C/C=C/C=C/C=C/C=C/C=C/[C@H](C)[C@@H](C)[C@@H](C)[C@H](C)OC(=O)C[C@H](C)C[C@H](C)CC[C@@H](C)[C@H](C)C[C@H](C)CC3=C[C@H](C)[C@@H](C)[C@H](C2)O3)C(C)C(C)C1C.II. The van der Waals surface area contributed by atoms with Gasteiger partial charge in [-0.25, -0.2) is 0 Å². The van der Waals surface area contributed by atoms with E-state index in [1.807, 2.05) is 30.4 Å². The molecule has 0 spiro atoms. The summed E-state index contributed by atoms with van der Waals surface area (Å²) in [5.41, 5.74) is 0. The predicted molar refractivity (Wildman–Crippen MR) is 291 cm³/mol. The molecule has 0 radical (unpaired) electrons. The van der Waals surface area contributed by atoms with Gasteiger partial charge in [-0.3, -0.25) is 4.79 Å². The van der Waals surface area contributed by atoms with E-state index in [1.54, 1.807) is 0 Å². The van der Waals surface area contributed by atoms with E-state index in [0.29, 0.717) is 77.4 Å². The summed E-state index contributed by atoms with van der Waals surface area (Å²) in [5, 5.41) is 0. The number of carbonyl (C=O) groups excluding carboxylic acids is 1. The number of hydrogen-bond donors (Lipinski definition) is 0. The van der Waals surface area contributed by atoms with Crippen molar-refractivity contribution in [3.8, 4) is 0 Å². The monoisotopic (exact) mass is 1110 g/mol. The highest BCUT2D eigenvalue weighted by molar-refractivity contribution is 15.0. The fourth-order valence-corrected chi connectivity index (χ4v) is 9.67. The van der Waals surface area contributed by atoms with Crippen molar-refractivity contribution in [3.05, 3.63) is 96.9 Å². The van der Waals surface area contributed by atoms with Crippen LogP contribution in [0.1, 0.15) is 149 Å². The maximum atomic E-state index is 13.1. The van der Waals surface area contributed by atoms with Crippen molar-refractivity contribution in [1.29, 1.82) is 0 Å². The molecule has 0 aromatic carbocycles. The lowest BCUT2D eigenvalue weighted by Crippen LogP contribution is -2.46. The molecule has 0 aliphatic carbocycles. The van der Waals surface area contributed by atoms with Crippen LogP contribution in [0.2, 0.25) is 0 Å². The highest BCUT2D eigenvalue weighted by Crippen LogP contribution is 2.39. The van der Waals surface area contributed by atoms with Crippen molar-refractivity contribution < 1.29 is 23.7 Å². The second-order valence-electron chi connectivity index (χ2n) is 20.9. The molecule has 7 heteroatoms. The first-order chi connectivity index (χ1) is 30.4. The van der Waals surface area contributed by atoms with Crippen LogP contribution in [0.4, 0.5) is 0 Å². The van der Waals surface area contributed by atoms with Crippen molar-refractivity contribution in [2.75, 3.05) is 0 Å². The third-order valence-corrected chi connectivity index (χ3v) is 15.5. The number of halogens is 2. The minimum Gasteiger partial charge on any atom is -0.495 e. The van der Waals surface area contributed by atoms with Crippen molar-refractivity contribution in [3.63, 3.8) is 0 Å². The molecule has 5 nitrogen and oxygen atoms in total. The Kier molecular flexibility index (Phi) is 29.0. The molecule has 1 fully saturated rings. The Morgan fingerprint density at radius 1 is 0.484 bits per heavy atom. The number of cyclic esters (lactones) is 1. The summed E-state index contributed by atoms with van der Waals surface area (Å²) in [6.45, 7) is 34.4. The quantitative estimate of drug-likeness (QED) is 0.204. The van der Waals surface area contributed by atoms with E-state index in [1.165, 1.54) is 19.3 Å². The average Bonchev–Trinajstić information content (AvgIpc) is 3.24. The summed E-state index contributed by atoms with van der Waals surface area (Å²) < 4.78 is 26.3. The Hall–Kier alpha value is -1.43. The standard InChI is InChI=1S/C57H92O5.I2/c1-38-30-31-41(4)43(6)33-40(3)34-54-36-44(7)46(9)55(61-54)37-53(62-57-50(13)47(10)49(12)52(15)60-57)29-27-25-23-21-19-17-16-18-20-22-24-26-28-42(5)45(8)48(11)51(14)59-56(58)35-39(2)32-38;1-2/h16-29,36,38-53,55,57H,30-35,37H2,1-15H3;/b17-16+,20-18+,21-19+,24-22+,25-23+,28-26+,29-27?;/t38-,39-,40+,41-,42+,43-,44+,45-,46-,47?,48-,49?,50?,51+,52?,53+,55+,57?;/m1./s1. The van der Waals surface area contributed by atoms with Gasteiger partial charge in [-0.1, -0.05) is 188 Å². The molecule has 0 aromatic rings. The van der Waals surface area contributed by atoms with Crippen LogP contribution in [0.25, 0.3) is 0 Å². The van der Waals surface area contributed by atoms with Gasteiger partial charge in [0.2, 0.25) is 0 Å². The third-order valence-electron chi connectivity index (χ3n) is 15.5. The Balaban J connectivity index is 0.00000694. The molecule has 364 valence electrons.